The smallest absolute Gasteiger partial charge is 0.217 e. The monoisotopic (exact) mass is 446 g/mol. The van der Waals surface area contributed by atoms with E-state index in [1.807, 2.05) is 62.4 Å². The second-order valence-electron chi connectivity index (χ2n) is 8.54. The molecule has 166 valence electrons. The fourth-order valence-corrected chi connectivity index (χ4v) is 4.45. The molecule has 0 fully saturated rings. The van der Waals surface area contributed by atoms with Crippen LogP contribution < -0.4 is 4.74 Å². The predicted molar refractivity (Wildman–Crippen MR) is 135 cm³/mol. The Morgan fingerprint density at radius 2 is 1.44 bits per heavy atom. The molecule has 6 rings (SSSR count). The minimum atomic E-state index is -0.0606. The zero-order chi connectivity index (χ0) is 23.2. The first kappa shape index (κ1) is 20.2. The first-order valence-corrected chi connectivity index (χ1v) is 11.3. The molecule has 1 N–H and O–H groups in total. The van der Waals surface area contributed by atoms with Crippen LogP contribution >= 0.6 is 0 Å². The molecule has 0 aliphatic carbocycles. The summed E-state index contributed by atoms with van der Waals surface area (Å²) in [5.74, 6) is 0.972. The Morgan fingerprint density at radius 1 is 0.735 bits per heavy atom. The summed E-state index contributed by atoms with van der Waals surface area (Å²) in [5, 5.41) is 14.8. The zero-order valence-corrected chi connectivity index (χ0v) is 18.8. The Kier molecular flexibility index (Phi) is 4.69. The van der Waals surface area contributed by atoms with Crippen molar-refractivity contribution in [3.8, 4) is 34.3 Å². The normalized spacial score (nSPS) is 11.6. The van der Waals surface area contributed by atoms with E-state index >= 15 is 0 Å². The first-order chi connectivity index (χ1) is 16.6. The summed E-state index contributed by atoms with van der Waals surface area (Å²) in [4.78, 5) is 9.45. The number of hydrogen-bond acceptors (Lipinski definition) is 5. The van der Waals surface area contributed by atoms with Crippen LogP contribution in [0.1, 0.15) is 13.8 Å². The SMILES string of the molecule is CC(C)Oc1cc(-c2cc3oc4ccccc4c3c3ccccc23)nc(-c2ccccc2O)n1. The van der Waals surface area contributed by atoms with Crippen molar-refractivity contribution in [1.82, 2.24) is 9.97 Å². The van der Waals surface area contributed by atoms with Crippen molar-refractivity contribution in [2.24, 2.45) is 0 Å². The third-order valence-electron chi connectivity index (χ3n) is 5.86. The summed E-state index contributed by atoms with van der Waals surface area (Å²) >= 11 is 0. The van der Waals surface area contributed by atoms with Gasteiger partial charge in [0.15, 0.2) is 5.82 Å². The topological polar surface area (TPSA) is 68.4 Å². The van der Waals surface area contributed by atoms with E-state index in [0.717, 1.165) is 38.3 Å². The molecule has 0 unspecified atom stereocenters. The van der Waals surface area contributed by atoms with Crippen LogP contribution in [-0.2, 0) is 0 Å². The standard InChI is InChI=1S/C29H22N2O3/c1-17(2)33-27-16-23(30-29(31-27)20-11-5-7-13-24(20)32)22-15-26-28(19-10-4-3-9-18(19)22)21-12-6-8-14-25(21)34-26/h3-17,32H,1-2H3. The summed E-state index contributed by atoms with van der Waals surface area (Å²) in [7, 11) is 0. The van der Waals surface area contributed by atoms with Crippen molar-refractivity contribution >= 4 is 32.7 Å². The van der Waals surface area contributed by atoms with Crippen LogP contribution in [0.2, 0.25) is 0 Å². The molecule has 34 heavy (non-hydrogen) atoms. The van der Waals surface area contributed by atoms with Gasteiger partial charge in [-0.1, -0.05) is 54.6 Å². The van der Waals surface area contributed by atoms with Gasteiger partial charge in [-0.25, -0.2) is 4.98 Å². The van der Waals surface area contributed by atoms with Crippen LogP contribution in [0.25, 0.3) is 55.4 Å². The number of phenols is 1. The molecule has 0 saturated carbocycles. The number of phenolic OH excluding ortho intramolecular Hbond substituents is 1. The molecule has 5 nitrogen and oxygen atoms in total. The number of fused-ring (bicyclic) bond motifs is 5. The highest BCUT2D eigenvalue weighted by molar-refractivity contribution is 6.21. The highest BCUT2D eigenvalue weighted by Gasteiger charge is 2.18. The number of nitrogens with zero attached hydrogens (tertiary/aromatic N) is 2. The highest BCUT2D eigenvalue weighted by atomic mass is 16.5. The van der Waals surface area contributed by atoms with Crippen LogP contribution in [0, 0.1) is 0 Å². The number of rotatable bonds is 4. The Bertz CT molecular complexity index is 1680. The van der Waals surface area contributed by atoms with E-state index in [-0.39, 0.29) is 11.9 Å². The van der Waals surface area contributed by atoms with E-state index in [1.54, 1.807) is 18.2 Å². The molecular formula is C29H22N2O3. The number of benzene rings is 4. The van der Waals surface area contributed by atoms with Crippen molar-refractivity contribution in [2.45, 2.75) is 20.0 Å². The summed E-state index contributed by atoms with van der Waals surface area (Å²) in [6.07, 6.45) is -0.0606. The Morgan fingerprint density at radius 3 is 2.24 bits per heavy atom. The molecule has 0 bridgehead atoms. The molecule has 2 aromatic heterocycles. The molecule has 0 radical (unpaired) electrons. The number of furan rings is 1. The van der Waals surface area contributed by atoms with E-state index in [1.165, 1.54) is 0 Å². The summed E-state index contributed by atoms with van der Waals surface area (Å²) in [6, 6.07) is 27.3. The van der Waals surface area contributed by atoms with Crippen LogP contribution in [0.3, 0.4) is 0 Å². The van der Waals surface area contributed by atoms with Crippen molar-refractivity contribution in [3.05, 3.63) is 84.9 Å². The van der Waals surface area contributed by atoms with E-state index in [0.29, 0.717) is 23.0 Å². The fourth-order valence-electron chi connectivity index (χ4n) is 4.45. The van der Waals surface area contributed by atoms with Gasteiger partial charge >= 0.3 is 0 Å². The molecule has 4 aromatic carbocycles. The second-order valence-corrected chi connectivity index (χ2v) is 8.54. The average Bonchev–Trinajstić information content (AvgIpc) is 3.22. The fraction of sp³-hybridized carbons (Fsp3) is 0.103. The minimum Gasteiger partial charge on any atom is -0.507 e. The van der Waals surface area contributed by atoms with Gasteiger partial charge in [-0.05, 0) is 48.9 Å². The molecule has 0 aliphatic rings. The molecule has 0 aliphatic heterocycles. The third kappa shape index (κ3) is 3.33. The number of aromatic hydroxyl groups is 1. The van der Waals surface area contributed by atoms with E-state index in [9.17, 15) is 5.11 Å². The lowest BCUT2D eigenvalue weighted by Crippen LogP contribution is -2.08. The van der Waals surface area contributed by atoms with Crippen molar-refractivity contribution in [1.29, 1.82) is 0 Å². The molecular weight excluding hydrogens is 424 g/mol. The van der Waals surface area contributed by atoms with Crippen molar-refractivity contribution < 1.29 is 14.3 Å². The number of hydrogen-bond donors (Lipinski definition) is 1. The van der Waals surface area contributed by atoms with Gasteiger partial charge in [-0.2, -0.15) is 4.98 Å². The highest BCUT2D eigenvalue weighted by Crippen LogP contribution is 2.40. The van der Waals surface area contributed by atoms with Crippen LogP contribution in [0.4, 0.5) is 0 Å². The van der Waals surface area contributed by atoms with Gasteiger partial charge in [0, 0.05) is 22.4 Å². The van der Waals surface area contributed by atoms with E-state index < -0.39 is 0 Å². The maximum Gasteiger partial charge on any atom is 0.217 e. The second kappa shape index (κ2) is 7.89. The molecule has 0 saturated heterocycles. The van der Waals surface area contributed by atoms with Gasteiger partial charge in [-0.3, -0.25) is 0 Å². The van der Waals surface area contributed by atoms with Crippen LogP contribution in [0.5, 0.6) is 11.6 Å². The largest absolute Gasteiger partial charge is 0.507 e. The predicted octanol–water partition coefficient (Wildman–Crippen LogP) is 7.36. The molecule has 2 heterocycles. The quantitative estimate of drug-likeness (QED) is 0.306. The average molecular weight is 447 g/mol. The van der Waals surface area contributed by atoms with Crippen molar-refractivity contribution in [2.75, 3.05) is 0 Å². The van der Waals surface area contributed by atoms with Gasteiger partial charge in [0.2, 0.25) is 5.88 Å². The number of para-hydroxylation sites is 2. The summed E-state index contributed by atoms with van der Waals surface area (Å²) in [5.41, 5.74) is 3.80. The Balaban J connectivity index is 1.67. The van der Waals surface area contributed by atoms with Gasteiger partial charge < -0.3 is 14.3 Å². The lowest BCUT2D eigenvalue weighted by molar-refractivity contribution is 0.232. The lowest BCUT2D eigenvalue weighted by Gasteiger charge is -2.14. The first-order valence-electron chi connectivity index (χ1n) is 11.3. The van der Waals surface area contributed by atoms with E-state index in [4.69, 9.17) is 14.1 Å². The maximum atomic E-state index is 10.5. The van der Waals surface area contributed by atoms with E-state index in [2.05, 4.69) is 23.2 Å². The van der Waals surface area contributed by atoms with Crippen LogP contribution in [0.15, 0.2) is 89.3 Å². The zero-order valence-electron chi connectivity index (χ0n) is 18.8. The maximum absolute atomic E-state index is 10.5. The molecule has 0 amide bonds. The van der Waals surface area contributed by atoms with Gasteiger partial charge in [0.05, 0.1) is 17.4 Å². The molecule has 0 spiro atoms. The summed E-state index contributed by atoms with van der Waals surface area (Å²) < 4.78 is 12.2. The van der Waals surface area contributed by atoms with Gasteiger partial charge in [0.25, 0.3) is 0 Å². The van der Waals surface area contributed by atoms with Gasteiger partial charge in [0.1, 0.15) is 16.9 Å². The molecule has 0 atom stereocenters. The lowest BCUT2D eigenvalue weighted by atomic mass is 9.97. The third-order valence-corrected chi connectivity index (χ3v) is 5.86. The van der Waals surface area contributed by atoms with Gasteiger partial charge in [-0.15, -0.1) is 0 Å². The number of aromatic nitrogens is 2. The molecule has 6 aromatic rings. The minimum absolute atomic E-state index is 0.0606. The Hall–Kier alpha value is -4.38. The Labute approximate surface area is 196 Å². The molecule has 5 heteroatoms. The summed E-state index contributed by atoms with van der Waals surface area (Å²) in [6.45, 7) is 3.91. The number of ether oxygens (including phenoxy) is 1. The van der Waals surface area contributed by atoms with Crippen LogP contribution in [-0.4, -0.2) is 21.2 Å². The van der Waals surface area contributed by atoms with Crippen molar-refractivity contribution in [3.63, 3.8) is 0 Å².